The minimum Gasteiger partial charge on any atom is -0.493 e. The number of carbonyl (C=O) groups excluding carboxylic acids is 2. The standard InChI is InChI=1S/C23H22FN3O5/c1-31-19-10-7-16(12-20(19)32-2)13-21(28)25-26-22(29)18-4-3-11-27(23(18)30)14-15-5-8-17(24)9-6-15/h3-12H,13-14H2,1-2H3,(H,25,28)(H,26,29). The molecule has 2 N–H and O–H groups in total. The molecule has 1 heterocycles. The van der Waals surface area contributed by atoms with Crippen molar-refractivity contribution in [2.24, 2.45) is 0 Å². The number of hydrogen-bond donors (Lipinski definition) is 2. The maximum Gasteiger partial charge on any atom is 0.275 e. The Bertz CT molecular complexity index is 1170. The van der Waals surface area contributed by atoms with E-state index < -0.39 is 17.4 Å². The highest BCUT2D eigenvalue weighted by Gasteiger charge is 2.14. The number of nitrogens with zero attached hydrogens (tertiary/aromatic N) is 1. The van der Waals surface area contributed by atoms with Crippen molar-refractivity contribution in [3.8, 4) is 11.5 Å². The molecule has 2 amide bonds. The summed E-state index contributed by atoms with van der Waals surface area (Å²) in [4.78, 5) is 37.3. The van der Waals surface area contributed by atoms with Crippen LogP contribution in [0.5, 0.6) is 11.5 Å². The van der Waals surface area contributed by atoms with Gasteiger partial charge < -0.3 is 14.0 Å². The molecule has 0 bridgehead atoms. The summed E-state index contributed by atoms with van der Waals surface area (Å²) in [6.07, 6.45) is 1.50. The summed E-state index contributed by atoms with van der Waals surface area (Å²) in [6.45, 7) is 0.173. The van der Waals surface area contributed by atoms with Crippen LogP contribution in [0.3, 0.4) is 0 Å². The van der Waals surface area contributed by atoms with Gasteiger partial charge in [-0.05, 0) is 47.5 Å². The quantitative estimate of drug-likeness (QED) is 0.549. The molecule has 3 rings (SSSR count). The minimum absolute atomic E-state index is 0.0236. The first-order valence-corrected chi connectivity index (χ1v) is 9.65. The molecule has 166 valence electrons. The van der Waals surface area contributed by atoms with Gasteiger partial charge in [-0.25, -0.2) is 4.39 Å². The van der Waals surface area contributed by atoms with Crippen molar-refractivity contribution in [1.82, 2.24) is 15.4 Å². The number of aromatic nitrogens is 1. The highest BCUT2D eigenvalue weighted by Crippen LogP contribution is 2.27. The van der Waals surface area contributed by atoms with Crippen LogP contribution in [0.2, 0.25) is 0 Å². The van der Waals surface area contributed by atoms with E-state index in [-0.39, 0.29) is 24.3 Å². The average molecular weight is 439 g/mol. The second kappa shape index (κ2) is 10.3. The van der Waals surface area contributed by atoms with E-state index >= 15 is 0 Å². The van der Waals surface area contributed by atoms with E-state index in [4.69, 9.17) is 9.47 Å². The van der Waals surface area contributed by atoms with Crippen LogP contribution in [0.15, 0.2) is 65.6 Å². The molecule has 32 heavy (non-hydrogen) atoms. The van der Waals surface area contributed by atoms with E-state index in [0.29, 0.717) is 22.6 Å². The fourth-order valence-corrected chi connectivity index (χ4v) is 3.03. The number of methoxy groups -OCH3 is 2. The van der Waals surface area contributed by atoms with Crippen LogP contribution in [-0.2, 0) is 17.8 Å². The van der Waals surface area contributed by atoms with Gasteiger partial charge in [0, 0.05) is 6.20 Å². The van der Waals surface area contributed by atoms with Crippen LogP contribution in [0.25, 0.3) is 0 Å². The summed E-state index contributed by atoms with van der Waals surface area (Å²) >= 11 is 0. The van der Waals surface area contributed by atoms with Crippen molar-refractivity contribution in [2.45, 2.75) is 13.0 Å². The lowest BCUT2D eigenvalue weighted by Crippen LogP contribution is -2.44. The maximum absolute atomic E-state index is 13.1. The number of amides is 2. The van der Waals surface area contributed by atoms with E-state index in [1.54, 1.807) is 36.4 Å². The molecule has 0 radical (unpaired) electrons. The molecular formula is C23H22FN3O5. The van der Waals surface area contributed by atoms with Gasteiger partial charge in [-0.2, -0.15) is 0 Å². The molecule has 0 spiro atoms. The molecule has 0 saturated carbocycles. The number of hydrazine groups is 1. The first-order chi connectivity index (χ1) is 15.4. The smallest absolute Gasteiger partial charge is 0.275 e. The topological polar surface area (TPSA) is 98.7 Å². The Morgan fingerprint density at radius 2 is 1.62 bits per heavy atom. The van der Waals surface area contributed by atoms with Gasteiger partial charge in [0.25, 0.3) is 11.5 Å². The van der Waals surface area contributed by atoms with E-state index in [1.807, 2.05) is 0 Å². The minimum atomic E-state index is -0.746. The highest BCUT2D eigenvalue weighted by atomic mass is 19.1. The van der Waals surface area contributed by atoms with Crippen molar-refractivity contribution >= 4 is 11.8 Å². The molecule has 9 heteroatoms. The summed E-state index contributed by atoms with van der Waals surface area (Å²) in [5.74, 6) is -0.589. The zero-order valence-electron chi connectivity index (χ0n) is 17.6. The average Bonchev–Trinajstić information content (AvgIpc) is 2.80. The molecule has 3 aromatic rings. The third-order valence-corrected chi connectivity index (χ3v) is 4.66. The number of halogens is 1. The van der Waals surface area contributed by atoms with Crippen molar-refractivity contribution in [1.29, 1.82) is 0 Å². The fraction of sp³-hybridized carbons (Fsp3) is 0.174. The Hall–Kier alpha value is -4.14. The van der Waals surface area contributed by atoms with Crippen LogP contribution in [0.4, 0.5) is 4.39 Å². The van der Waals surface area contributed by atoms with Gasteiger partial charge in [-0.15, -0.1) is 0 Å². The van der Waals surface area contributed by atoms with E-state index in [0.717, 1.165) is 0 Å². The van der Waals surface area contributed by atoms with Gasteiger partial charge in [0.15, 0.2) is 11.5 Å². The second-order valence-corrected chi connectivity index (χ2v) is 6.85. The molecule has 2 aromatic carbocycles. The summed E-state index contributed by atoms with van der Waals surface area (Å²) in [5, 5.41) is 0. The molecule has 0 atom stereocenters. The fourth-order valence-electron chi connectivity index (χ4n) is 3.03. The lowest BCUT2D eigenvalue weighted by molar-refractivity contribution is -0.121. The molecular weight excluding hydrogens is 417 g/mol. The lowest BCUT2D eigenvalue weighted by Gasteiger charge is -2.11. The Morgan fingerprint density at radius 1 is 0.938 bits per heavy atom. The Kier molecular flexibility index (Phi) is 7.22. The number of nitrogens with one attached hydrogen (secondary N) is 2. The van der Waals surface area contributed by atoms with Gasteiger partial charge in [-0.3, -0.25) is 25.2 Å². The zero-order valence-corrected chi connectivity index (χ0v) is 17.6. The predicted molar refractivity (Wildman–Crippen MR) is 115 cm³/mol. The monoisotopic (exact) mass is 439 g/mol. The van der Waals surface area contributed by atoms with Gasteiger partial charge in [0.2, 0.25) is 5.91 Å². The third kappa shape index (κ3) is 5.51. The van der Waals surface area contributed by atoms with Crippen molar-refractivity contribution in [2.75, 3.05) is 14.2 Å². The number of benzene rings is 2. The number of carbonyl (C=O) groups is 2. The van der Waals surface area contributed by atoms with Crippen molar-refractivity contribution in [3.63, 3.8) is 0 Å². The predicted octanol–water partition coefficient (Wildman–Crippen LogP) is 2.06. The number of rotatable bonds is 7. The summed E-state index contributed by atoms with van der Waals surface area (Å²) in [6, 6.07) is 13.7. The van der Waals surface area contributed by atoms with Crippen LogP contribution in [-0.4, -0.2) is 30.6 Å². The summed E-state index contributed by atoms with van der Waals surface area (Å²) < 4.78 is 24.8. The first-order valence-electron chi connectivity index (χ1n) is 9.65. The van der Waals surface area contributed by atoms with Crippen molar-refractivity contribution < 1.29 is 23.5 Å². The number of ether oxygens (including phenoxy) is 2. The van der Waals surface area contributed by atoms with Gasteiger partial charge in [-0.1, -0.05) is 18.2 Å². The van der Waals surface area contributed by atoms with Crippen LogP contribution >= 0.6 is 0 Å². The third-order valence-electron chi connectivity index (χ3n) is 4.66. The van der Waals surface area contributed by atoms with Crippen LogP contribution < -0.4 is 25.9 Å². The molecule has 0 aliphatic carbocycles. The highest BCUT2D eigenvalue weighted by molar-refractivity contribution is 5.95. The van der Waals surface area contributed by atoms with Crippen molar-refractivity contribution in [3.05, 3.63) is 93.7 Å². The molecule has 8 nitrogen and oxygen atoms in total. The molecule has 0 aliphatic heterocycles. The Morgan fingerprint density at radius 3 is 2.31 bits per heavy atom. The van der Waals surface area contributed by atoms with Gasteiger partial charge >= 0.3 is 0 Å². The normalized spacial score (nSPS) is 10.3. The zero-order chi connectivity index (χ0) is 23.1. The Labute approximate surface area is 183 Å². The first kappa shape index (κ1) is 22.5. The van der Waals surface area contributed by atoms with Crippen LogP contribution in [0, 0.1) is 5.82 Å². The SMILES string of the molecule is COc1ccc(CC(=O)NNC(=O)c2cccn(Cc3ccc(F)cc3)c2=O)cc1OC. The van der Waals surface area contributed by atoms with Gasteiger partial charge in [0.1, 0.15) is 11.4 Å². The molecule has 1 aromatic heterocycles. The molecule has 0 aliphatic rings. The number of pyridine rings is 1. The number of hydrogen-bond acceptors (Lipinski definition) is 5. The maximum atomic E-state index is 13.1. The van der Waals surface area contributed by atoms with Crippen LogP contribution in [0.1, 0.15) is 21.5 Å². The Balaban J connectivity index is 1.63. The largest absolute Gasteiger partial charge is 0.493 e. The summed E-state index contributed by atoms with van der Waals surface area (Å²) in [5.41, 5.74) is 5.23. The molecule has 0 fully saturated rings. The molecule has 0 saturated heterocycles. The summed E-state index contributed by atoms with van der Waals surface area (Å²) in [7, 11) is 3.00. The lowest BCUT2D eigenvalue weighted by atomic mass is 10.1. The van der Waals surface area contributed by atoms with Gasteiger partial charge in [0.05, 0.1) is 27.2 Å². The molecule has 0 unspecified atom stereocenters. The van der Waals surface area contributed by atoms with E-state index in [1.165, 1.54) is 43.2 Å². The second-order valence-electron chi connectivity index (χ2n) is 6.85. The van der Waals surface area contributed by atoms with E-state index in [2.05, 4.69) is 10.9 Å². The van der Waals surface area contributed by atoms with E-state index in [9.17, 15) is 18.8 Å².